The second-order valence-electron chi connectivity index (χ2n) is 7.73. The van der Waals surface area contributed by atoms with Crippen LogP contribution in [0.25, 0.3) is 0 Å². The summed E-state index contributed by atoms with van der Waals surface area (Å²) >= 11 is 0. The molecule has 0 fully saturated rings. The first-order chi connectivity index (χ1) is 12.5. The molecule has 0 heterocycles. The van der Waals surface area contributed by atoms with E-state index in [4.69, 9.17) is 19.3 Å². The van der Waals surface area contributed by atoms with Crippen LogP contribution in [0.4, 0.5) is 0 Å². The summed E-state index contributed by atoms with van der Waals surface area (Å²) in [6.45, 7) is 7.52. The van der Waals surface area contributed by atoms with Crippen molar-refractivity contribution in [3.8, 4) is 0 Å². The van der Waals surface area contributed by atoms with Gasteiger partial charge in [0.1, 0.15) is 13.2 Å². The zero-order valence-electron chi connectivity index (χ0n) is 17.5. The monoisotopic (exact) mass is 389 g/mol. The van der Waals surface area contributed by atoms with E-state index in [0.29, 0.717) is 6.54 Å². The number of carbonyl (C=O) groups excluding carboxylic acids is 3. The number of likely N-dealkylation sites (N-methyl/N-ethyl adjacent to an activating group) is 1. The average Bonchev–Trinajstić information content (AvgIpc) is 2.57. The summed E-state index contributed by atoms with van der Waals surface area (Å²) in [7, 11) is 3.74. The Balaban J connectivity index is 5.19. The van der Waals surface area contributed by atoms with E-state index in [9.17, 15) is 14.4 Å². The minimum absolute atomic E-state index is 0.0157. The van der Waals surface area contributed by atoms with Crippen LogP contribution in [0.3, 0.4) is 0 Å². The van der Waals surface area contributed by atoms with E-state index in [0.717, 1.165) is 0 Å². The van der Waals surface area contributed by atoms with Crippen molar-refractivity contribution < 1.29 is 33.7 Å². The number of esters is 3. The Labute approximate surface area is 162 Å². The first-order valence-electron chi connectivity index (χ1n) is 9.24. The van der Waals surface area contributed by atoms with Crippen LogP contribution in [0.2, 0.25) is 0 Å². The number of hydrogen-bond acceptors (Lipinski definition) is 8. The molecule has 0 aliphatic heterocycles. The second-order valence-corrected chi connectivity index (χ2v) is 7.73. The molecule has 0 saturated heterocycles. The fraction of sp³-hybridized carbons (Fsp3) is 0.842. The molecule has 0 bridgehead atoms. The number of aliphatic hydroxyl groups is 1. The first kappa shape index (κ1) is 25.3. The van der Waals surface area contributed by atoms with Crippen molar-refractivity contribution in [2.75, 3.05) is 47.1 Å². The van der Waals surface area contributed by atoms with Gasteiger partial charge in [-0.25, -0.2) is 0 Å². The van der Waals surface area contributed by atoms with Gasteiger partial charge in [-0.05, 0) is 54.6 Å². The van der Waals surface area contributed by atoms with Crippen molar-refractivity contribution in [1.82, 2.24) is 4.90 Å². The highest BCUT2D eigenvalue weighted by molar-refractivity contribution is 5.81. The van der Waals surface area contributed by atoms with Crippen LogP contribution in [0.15, 0.2) is 0 Å². The van der Waals surface area contributed by atoms with E-state index >= 15 is 0 Å². The Morgan fingerprint density at radius 2 is 1.59 bits per heavy atom. The lowest BCUT2D eigenvalue weighted by Crippen LogP contribution is -2.40. The lowest BCUT2D eigenvalue weighted by atomic mass is 9.71. The van der Waals surface area contributed by atoms with Gasteiger partial charge in [-0.15, -0.1) is 0 Å². The predicted molar refractivity (Wildman–Crippen MR) is 99.9 cm³/mol. The van der Waals surface area contributed by atoms with Crippen molar-refractivity contribution in [2.24, 2.45) is 10.8 Å². The number of ether oxygens (including phenoxy) is 3. The van der Waals surface area contributed by atoms with Crippen molar-refractivity contribution in [1.29, 1.82) is 0 Å². The van der Waals surface area contributed by atoms with Crippen molar-refractivity contribution >= 4 is 17.9 Å². The van der Waals surface area contributed by atoms with Crippen molar-refractivity contribution in [3.63, 3.8) is 0 Å². The molecular formula is C19H35NO7. The zero-order valence-corrected chi connectivity index (χ0v) is 17.5. The molecule has 0 amide bonds. The molecule has 0 aromatic heterocycles. The van der Waals surface area contributed by atoms with E-state index in [1.165, 1.54) is 0 Å². The molecule has 1 atom stereocenters. The Hall–Kier alpha value is -1.67. The van der Waals surface area contributed by atoms with E-state index in [1.54, 1.807) is 27.7 Å². The fourth-order valence-electron chi connectivity index (χ4n) is 2.74. The molecule has 0 spiro atoms. The third-order valence-electron chi connectivity index (χ3n) is 4.16. The topological polar surface area (TPSA) is 102 Å². The van der Waals surface area contributed by atoms with Gasteiger partial charge in [-0.3, -0.25) is 14.4 Å². The maximum absolute atomic E-state index is 12.7. The third-order valence-corrected chi connectivity index (χ3v) is 4.16. The maximum atomic E-state index is 12.7. The van der Waals surface area contributed by atoms with E-state index < -0.39 is 28.7 Å². The lowest BCUT2D eigenvalue weighted by molar-refractivity contribution is -0.163. The smallest absolute Gasteiger partial charge is 0.311 e. The predicted octanol–water partition coefficient (Wildman–Crippen LogP) is 1.39. The van der Waals surface area contributed by atoms with Gasteiger partial charge in [0.2, 0.25) is 0 Å². The summed E-state index contributed by atoms with van der Waals surface area (Å²) in [4.78, 5) is 38.7. The molecule has 0 aromatic carbocycles. The molecule has 158 valence electrons. The summed E-state index contributed by atoms with van der Waals surface area (Å²) in [5.41, 5.74) is -1.97. The van der Waals surface area contributed by atoms with Crippen LogP contribution in [0, 0.1) is 10.8 Å². The number of aliphatic hydroxyl groups excluding tert-OH is 1. The molecule has 27 heavy (non-hydrogen) atoms. The van der Waals surface area contributed by atoms with Gasteiger partial charge in [-0.2, -0.15) is 0 Å². The van der Waals surface area contributed by atoms with Gasteiger partial charge in [0, 0.05) is 13.0 Å². The van der Waals surface area contributed by atoms with Crippen LogP contribution in [-0.2, 0) is 28.6 Å². The highest BCUT2D eigenvalue weighted by Gasteiger charge is 2.44. The van der Waals surface area contributed by atoms with E-state index in [-0.39, 0.29) is 45.7 Å². The molecule has 0 aliphatic carbocycles. The number of hydrogen-bond donors (Lipinski definition) is 1. The largest absolute Gasteiger partial charge is 0.466 e. The molecule has 1 unspecified atom stereocenters. The van der Waals surface area contributed by atoms with Crippen LogP contribution in [-0.4, -0.2) is 75.0 Å². The normalized spacial score (nSPS) is 13.8. The second kappa shape index (κ2) is 11.9. The highest BCUT2D eigenvalue weighted by atomic mass is 16.5. The van der Waals surface area contributed by atoms with Crippen LogP contribution < -0.4 is 0 Å². The molecule has 0 aromatic rings. The maximum Gasteiger partial charge on any atom is 0.311 e. The van der Waals surface area contributed by atoms with E-state index in [2.05, 4.69) is 0 Å². The summed E-state index contributed by atoms with van der Waals surface area (Å²) in [6.07, 6.45) is 0.325. The Bertz CT molecular complexity index is 490. The molecular weight excluding hydrogens is 354 g/mol. The lowest BCUT2D eigenvalue weighted by Gasteiger charge is -2.34. The SMILES string of the molecule is CCOC(=O)C(C)(C)CC(C)(CCC(=O)OCCO)C(=O)OCCN(C)C. The van der Waals surface area contributed by atoms with Gasteiger partial charge in [-0.1, -0.05) is 0 Å². The summed E-state index contributed by atoms with van der Waals surface area (Å²) in [6, 6.07) is 0. The molecule has 0 radical (unpaired) electrons. The number of rotatable bonds is 13. The molecule has 8 nitrogen and oxygen atoms in total. The summed E-state index contributed by atoms with van der Waals surface area (Å²) in [5.74, 6) is -1.37. The fourth-order valence-corrected chi connectivity index (χ4v) is 2.74. The van der Waals surface area contributed by atoms with Crippen molar-refractivity contribution in [3.05, 3.63) is 0 Å². The Morgan fingerprint density at radius 3 is 2.11 bits per heavy atom. The Kier molecular flexibility index (Phi) is 11.2. The molecule has 0 saturated carbocycles. The first-order valence-corrected chi connectivity index (χ1v) is 9.24. The summed E-state index contributed by atoms with van der Waals surface area (Å²) in [5, 5.41) is 8.73. The van der Waals surface area contributed by atoms with Gasteiger partial charge in [0.05, 0.1) is 24.0 Å². The number of nitrogens with zero attached hydrogens (tertiary/aromatic N) is 1. The van der Waals surface area contributed by atoms with Gasteiger partial charge < -0.3 is 24.2 Å². The Morgan fingerprint density at radius 1 is 0.963 bits per heavy atom. The molecule has 8 heteroatoms. The van der Waals surface area contributed by atoms with Crippen LogP contribution >= 0.6 is 0 Å². The zero-order chi connectivity index (χ0) is 21.1. The minimum Gasteiger partial charge on any atom is -0.466 e. The van der Waals surface area contributed by atoms with Crippen molar-refractivity contribution in [2.45, 2.75) is 47.0 Å². The quantitative estimate of drug-likeness (QED) is 0.372. The summed E-state index contributed by atoms with van der Waals surface area (Å²) < 4.78 is 15.4. The average molecular weight is 389 g/mol. The van der Waals surface area contributed by atoms with E-state index in [1.807, 2.05) is 19.0 Å². The van der Waals surface area contributed by atoms with Gasteiger partial charge >= 0.3 is 17.9 Å². The van der Waals surface area contributed by atoms with Gasteiger partial charge in [0.25, 0.3) is 0 Å². The molecule has 0 rings (SSSR count). The molecule has 1 N–H and O–H groups in total. The van der Waals surface area contributed by atoms with Crippen LogP contribution in [0.5, 0.6) is 0 Å². The standard InChI is InChI=1S/C19H35NO7/c1-7-25-16(23)18(2,3)14-19(4,9-8-15(22)26-13-11-21)17(24)27-12-10-20(5)6/h21H,7-14H2,1-6H3. The highest BCUT2D eigenvalue weighted by Crippen LogP contribution is 2.39. The molecule has 0 aliphatic rings. The van der Waals surface area contributed by atoms with Gasteiger partial charge in [0.15, 0.2) is 0 Å². The number of carbonyl (C=O) groups is 3. The van der Waals surface area contributed by atoms with Crippen LogP contribution in [0.1, 0.15) is 47.0 Å². The third kappa shape index (κ3) is 9.72. The minimum atomic E-state index is -1.05.